The Hall–Kier alpha value is -5.13. The van der Waals surface area contributed by atoms with E-state index in [1.807, 2.05) is 96.4 Å². The summed E-state index contributed by atoms with van der Waals surface area (Å²) < 4.78 is 29.3. The van der Waals surface area contributed by atoms with Crippen LogP contribution in [0.2, 0.25) is 0 Å². The zero-order valence-corrected chi connectivity index (χ0v) is 36.5. The van der Waals surface area contributed by atoms with E-state index in [4.69, 9.17) is 18.6 Å². The number of aromatic nitrogens is 2. The lowest BCUT2D eigenvalue weighted by atomic mass is 9.75. The molecule has 0 atom stereocenters. The standard InChI is InChI=1S/2C24H27BN2O3/c2*1-16-18(25-29-23(2,3)24(4,5)30-25)10-8-12-19(16)27-14-13-26-20-11-7-6-9-17(20)15-21(26)22(27)28/h2*6-12,15H,13-14H2,1-5H3. The van der Waals surface area contributed by atoms with Gasteiger partial charge in [0.2, 0.25) is 0 Å². The first-order valence-electron chi connectivity index (χ1n) is 21.1. The second-order valence-corrected chi connectivity index (χ2v) is 18.6. The summed E-state index contributed by atoms with van der Waals surface area (Å²) in [5.41, 5.74) is 7.94. The summed E-state index contributed by atoms with van der Waals surface area (Å²) in [6, 6.07) is 32.4. The van der Waals surface area contributed by atoms with Crippen molar-refractivity contribution in [2.75, 3.05) is 22.9 Å². The number of rotatable bonds is 4. The Morgan fingerprint density at radius 2 is 0.817 bits per heavy atom. The van der Waals surface area contributed by atoms with Crippen molar-refractivity contribution in [1.29, 1.82) is 0 Å². The van der Waals surface area contributed by atoms with E-state index < -0.39 is 36.6 Å². The number of anilines is 2. The zero-order valence-electron chi connectivity index (χ0n) is 36.5. The van der Waals surface area contributed by atoms with Gasteiger partial charge in [0.25, 0.3) is 11.8 Å². The van der Waals surface area contributed by atoms with Gasteiger partial charge >= 0.3 is 14.2 Å². The van der Waals surface area contributed by atoms with Gasteiger partial charge in [-0.1, -0.05) is 60.7 Å². The highest BCUT2D eigenvalue weighted by molar-refractivity contribution is 6.63. The first-order chi connectivity index (χ1) is 28.4. The smallest absolute Gasteiger partial charge is 0.399 e. The van der Waals surface area contributed by atoms with Gasteiger partial charge in [0.05, 0.1) is 22.4 Å². The molecule has 6 heterocycles. The number of amides is 2. The van der Waals surface area contributed by atoms with E-state index in [0.717, 1.165) is 79.7 Å². The van der Waals surface area contributed by atoms with Crippen molar-refractivity contribution in [2.24, 2.45) is 0 Å². The molecule has 6 aromatic rings. The Bertz CT molecular complexity index is 2480. The molecule has 2 fully saturated rings. The first-order valence-corrected chi connectivity index (χ1v) is 21.1. The summed E-state index contributed by atoms with van der Waals surface area (Å²) in [6.45, 7) is 23.4. The molecule has 0 aliphatic carbocycles. The summed E-state index contributed by atoms with van der Waals surface area (Å²) >= 11 is 0. The highest BCUT2D eigenvalue weighted by Gasteiger charge is 2.53. The van der Waals surface area contributed by atoms with Crippen molar-refractivity contribution >= 4 is 70.2 Å². The minimum absolute atomic E-state index is 0.0339. The Morgan fingerprint density at radius 3 is 1.18 bits per heavy atom. The van der Waals surface area contributed by atoms with Crippen LogP contribution in [-0.4, -0.2) is 70.7 Å². The van der Waals surface area contributed by atoms with Gasteiger partial charge < -0.3 is 37.6 Å². The molecule has 2 saturated heterocycles. The third-order valence-electron chi connectivity index (χ3n) is 13.9. The van der Waals surface area contributed by atoms with Crippen molar-refractivity contribution in [1.82, 2.24) is 9.13 Å². The summed E-state index contributed by atoms with van der Waals surface area (Å²) in [4.78, 5) is 30.6. The van der Waals surface area contributed by atoms with Crippen LogP contribution in [0.5, 0.6) is 0 Å². The predicted octanol–water partition coefficient (Wildman–Crippen LogP) is 7.82. The van der Waals surface area contributed by atoms with E-state index >= 15 is 0 Å². The molecule has 0 bridgehead atoms. The maximum absolute atomic E-state index is 13.4. The summed E-state index contributed by atoms with van der Waals surface area (Å²) in [5, 5.41) is 2.20. The lowest BCUT2D eigenvalue weighted by molar-refractivity contribution is 0.00578. The van der Waals surface area contributed by atoms with Gasteiger partial charge in [0.15, 0.2) is 0 Å². The molecule has 0 unspecified atom stereocenters. The maximum atomic E-state index is 13.4. The lowest BCUT2D eigenvalue weighted by Crippen LogP contribution is -2.42. The molecule has 4 aromatic carbocycles. The molecule has 2 aromatic heterocycles. The van der Waals surface area contributed by atoms with Gasteiger partial charge in [-0.2, -0.15) is 0 Å². The molecule has 4 aliphatic rings. The SMILES string of the molecule is Cc1c(B2OC(C)(C)C(C)(C)O2)cccc1N1CCn2c(cc3ccccc32)C1=O.Cc1c(B2OC(C)(C)C(C)(C)O2)cccc1N1CCn2c(cc3ccccc32)C1=O. The largest absolute Gasteiger partial charge is 0.495 e. The fourth-order valence-electron chi connectivity index (χ4n) is 8.91. The average Bonchev–Trinajstić information content (AvgIpc) is 3.89. The predicted molar refractivity (Wildman–Crippen MR) is 241 cm³/mol. The molecular weight excluding hydrogens is 750 g/mol. The van der Waals surface area contributed by atoms with Crippen molar-refractivity contribution in [3.8, 4) is 0 Å². The summed E-state index contributed by atoms with van der Waals surface area (Å²) in [5.74, 6) is 0.0678. The number of carbonyl (C=O) groups excluding carboxylic acids is 2. The van der Waals surface area contributed by atoms with Crippen LogP contribution in [0, 0.1) is 13.8 Å². The first kappa shape index (κ1) is 40.3. The number of fused-ring (bicyclic) bond motifs is 6. The van der Waals surface area contributed by atoms with E-state index in [1.165, 1.54) is 0 Å². The normalized spacial score (nSPS) is 20.1. The lowest BCUT2D eigenvalue weighted by Gasteiger charge is -2.32. The van der Waals surface area contributed by atoms with E-state index in [-0.39, 0.29) is 11.8 Å². The molecule has 0 N–H and O–H groups in total. The molecule has 60 heavy (non-hydrogen) atoms. The van der Waals surface area contributed by atoms with Crippen LogP contribution in [0.15, 0.2) is 97.1 Å². The Kier molecular flexibility index (Phi) is 9.55. The van der Waals surface area contributed by atoms with Crippen LogP contribution in [0.3, 0.4) is 0 Å². The van der Waals surface area contributed by atoms with Crippen LogP contribution in [0.25, 0.3) is 21.8 Å². The average molecular weight is 805 g/mol. The molecule has 308 valence electrons. The Morgan fingerprint density at radius 1 is 0.467 bits per heavy atom. The minimum atomic E-state index is -0.443. The van der Waals surface area contributed by atoms with Gasteiger partial charge in [-0.15, -0.1) is 0 Å². The molecule has 0 radical (unpaired) electrons. The molecule has 0 saturated carbocycles. The van der Waals surface area contributed by atoms with Crippen molar-refractivity contribution in [3.63, 3.8) is 0 Å². The van der Waals surface area contributed by atoms with Gasteiger partial charge in [0.1, 0.15) is 11.4 Å². The quantitative estimate of drug-likeness (QED) is 0.169. The summed E-state index contributed by atoms with van der Waals surface area (Å²) in [7, 11) is -0.886. The number of nitrogens with zero attached hydrogens (tertiary/aromatic N) is 4. The van der Waals surface area contributed by atoms with Gasteiger partial charge in [0, 0.05) is 59.4 Å². The van der Waals surface area contributed by atoms with E-state index in [9.17, 15) is 9.59 Å². The topological polar surface area (TPSA) is 87.4 Å². The summed E-state index contributed by atoms with van der Waals surface area (Å²) in [6.07, 6.45) is 0. The highest BCUT2D eigenvalue weighted by atomic mass is 16.7. The van der Waals surface area contributed by atoms with Gasteiger partial charge in [-0.3, -0.25) is 9.59 Å². The Labute approximate surface area is 353 Å². The van der Waals surface area contributed by atoms with Crippen molar-refractivity contribution in [2.45, 2.75) is 105 Å². The molecule has 10 nitrogen and oxygen atoms in total. The van der Waals surface area contributed by atoms with Crippen LogP contribution in [0.1, 0.15) is 87.5 Å². The van der Waals surface area contributed by atoms with Crippen molar-refractivity contribution < 1.29 is 28.2 Å². The Balaban J connectivity index is 0.000000154. The van der Waals surface area contributed by atoms with E-state index in [1.54, 1.807) is 0 Å². The van der Waals surface area contributed by atoms with Crippen LogP contribution in [0.4, 0.5) is 11.4 Å². The number of carbonyl (C=O) groups is 2. The molecular formula is C48H54B2N4O6. The number of hydrogen-bond donors (Lipinski definition) is 0. The van der Waals surface area contributed by atoms with Gasteiger partial charge in [-0.25, -0.2) is 0 Å². The third-order valence-corrected chi connectivity index (χ3v) is 13.9. The number of para-hydroxylation sites is 2. The third kappa shape index (κ3) is 6.42. The van der Waals surface area contributed by atoms with E-state index in [0.29, 0.717) is 13.1 Å². The molecule has 12 heteroatoms. The van der Waals surface area contributed by atoms with Crippen LogP contribution >= 0.6 is 0 Å². The fourth-order valence-corrected chi connectivity index (χ4v) is 8.91. The highest BCUT2D eigenvalue weighted by Crippen LogP contribution is 2.39. The van der Waals surface area contributed by atoms with Crippen LogP contribution < -0.4 is 20.7 Å². The molecule has 0 spiro atoms. The second-order valence-electron chi connectivity index (χ2n) is 18.6. The van der Waals surface area contributed by atoms with E-state index in [2.05, 4.69) is 88.8 Å². The zero-order chi connectivity index (χ0) is 42.5. The van der Waals surface area contributed by atoms with Crippen molar-refractivity contribution in [3.05, 3.63) is 120 Å². The molecule has 10 rings (SSSR count). The number of hydrogen-bond acceptors (Lipinski definition) is 6. The fraction of sp³-hybridized carbons (Fsp3) is 0.375. The molecule has 2 amide bonds. The maximum Gasteiger partial charge on any atom is 0.495 e. The monoisotopic (exact) mass is 804 g/mol. The minimum Gasteiger partial charge on any atom is -0.399 e. The second kappa shape index (κ2) is 14.2. The van der Waals surface area contributed by atoms with Crippen LogP contribution in [-0.2, 0) is 31.7 Å². The number of benzene rings is 4. The molecule has 4 aliphatic heterocycles. The van der Waals surface area contributed by atoms with Gasteiger partial charge in [-0.05, 0) is 128 Å².